The van der Waals surface area contributed by atoms with Crippen molar-refractivity contribution in [3.63, 3.8) is 0 Å². The predicted molar refractivity (Wildman–Crippen MR) is 114 cm³/mol. The van der Waals surface area contributed by atoms with Crippen LogP contribution >= 0.6 is 15.9 Å². The van der Waals surface area contributed by atoms with Gasteiger partial charge in [0.25, 0.3) is 0 Å². The van der Waals surface area contributed by atoms with Gasteiger partial charge in [-0.15, -0.1) is 0 Å². The van der Waals surface area contributed by atoms with E-state index in [2.05, 4.69) is 27.2 Å². The fourth-order valence-electron chi connectivity index (χ4n) is 2.31. The minimum absolute atomic E-state index is 0.453. The number of hydrogen-bond acceptors (Lipinski definition) is 3. The summed E-state index contributed by atoms with van der Waals surface area (Å²) in [4.78, 5) is 12.5. The molecule has 0 aliphatic rings. The highest BCUT2D eigenvalue weighted by Crippen LogP contribution is 2.25. The van der Waals surface area contributed by atoms with Gasteiger partial charge in [-0.05, 0) is 56.7 Å². The number of ether oxygens (including phenoxy) is 1. The molecule has 4 nitrogen and oxygen atoms in total. The van der Waals surface area contributed by atoms with Crippen molar-refractivity contribution in [2.24, 2.45) is 0 Å². The summed E-state index contributed by atoms with van der Waals surface area (Å²) in [5.41, 5.74) is 1.30. The molecule has 3 atom stereocenters. The lowest BCUT2D eigenvalue weighted by molar-refractivity contribution is 0.0337. The van der Waals surface area contributed by atoms with Crippen LogP contribution < -0.4 is 4.72 Å². The minimum atomic E-state index is -1.36. The van der Waals surface area contributed by atoms with E-state index in [4.69, 9.17) is 4.74 Å². The van der Waals surface area contributed by atoms with E-state index in [1.165, 1.54) is 0 Å². The van der Waals surface area contributed by atoms with Crippen LogP contribution in [0, 0.1) is 0 Å². The molecule has 0 heterocycles. The van der Waals surface area contributed by atoms with Crippen molar-refractivity contribution < 1.29 is 13.7 Å². The van der Waals surface area contributed by atoms with Gasteiger partial charge < -0.3 is 4.74 Å². The summed E-state index contributed by atoms with van der Waals surface area (Å²) in [7, 11) is -1.36. The summed E-state index contributed by atoms with van der Waals surface area (Å²) in [6, 6.07) is 15.9. The molecule has 1 unspecified atom stereocenters. The van der Waals surface area contributed by atoms with Crippen LogP contribution in [0.25, 0.3) is 0 Å². The van der Waals surface area contributed by atoms with Gasteiger partial charge in [-0.3, -0.25) is 0 Å². The Morgan fingerprint density at radius 2 is 1.74 bits per heavy atom. The molecule has 0 spiro atoms. The second-order valence-corrected chi connectivity index (χ2v) is 9.91. The molecular formula is C21H24BrNO3S. The molecule has 6 heteroatoms. The molecule has 0 aromatic heterocycles. The van der Waals surface area contributed by atoms with Crippen LogP contribution in [0.1, 0.15) is 42.7 Å². The number of nitrogens with one attached hydrogen (secondary N) is 1. The zero-order valence-electron chi connectivity index (χ0n) is 15.6. The van der Waals surface area contributed by atoms with Gasteiger partial charge in [0.05, 0.1) is 27.3 Å². The first-order valence-corrected chi connectivity index (χ1v) is 10.5. The topological polar surface area (TPSA) is 55.4 Å². The van der Waals surface area contributed by atoms with Crippen molar-refractivity contribution in [1.82, 2.24) is 4.72 Å². The lowest BCUT2D eigenvalue weighted by Crippen LogP contribution is -2.41. The van der Waals surface area contributed by atoms with Crippen molar-refractivity contribution in [3.05, 3.63) is 82.9 Å². The van der Waals surface area contributed by atoms with Crippen molar-refractivity contribution in [3.8, 4) is 0 Å². The van der Waals surface area contributed by atoms with Gasteiger partial charge in [0, 0.05) is 4.47 Å². The van der Waals surface area contributed by atoms with Gasteiger partial charge in [0.2, 0.25) is 0 Å². The molecule has 1 N–H and O–H groups in total. The number of esters is 1. The van der Waals surface area contributed by atoms with Crippen LogP contribution in [0.4, 0.5) is 0 Å². The third kappa shape index (κ3) is 6.13. The first kappa shape index (κ1) is 21.5. The van der Waals surface area contributed by atoms with E-state index in [0.717, 1.165) is 10.0 Å². The standard InChI is InChI=1S/C21H24BrNO3S/c1-5-18(26-20(24)16-9-7-6-8-10-16)19(23-27(25)21(2,3)4)15-11-13-17(22)14-12-15/h5-14,18-19,23H,1H2,2-4H3/t18-,19+,27?/m1/s1. The van der Waals surface area contributed by atoms with Crippen molar-refractivity contribution in [2.75, 3.05) is 0 Å². The molecule has 144 valence electrons. The van der Waals surface area contributed by atoms with E-state index in [-0.39, 0.29) is 0 Å². The minimum Gasteiger partial charge on any atom is -0.452 e. The summed E-state index contributed by atoms with van der Waals surface area (Å²) in [5.74, 6) is -0.453. The molecule has 2 aromatic carbocycles. The second-order valence-electron chi connectivity index (χ2n) is 7.00. The number of benzene rings is 2. The molecule has 0 amide bonds. The highest BCUT2D eigenvalue weighted by Gasteiger charge is 2.30. The lowest BCUT2D eigenvalue weighted by atomic mass is 10.0. The fourth-order valence-corrected chi connectivity index (χ4v) is 3.42. The molecular weight excluding hydrogens is 426 g/mol. The maximum atomic E-state index is 12.7. The molecule has 0 bridgehead atoms. The third-order valence-electron chi connectivity index (χ3n) is 3.83. The highest BCUT2D eigenvalue weighted by molar-refractivity contribution is 9.10. The molecule has 0 aliphatic carbocycles. The Bertz CT molecular complexity index is 800. The molecule has 0 aliphatic heterocycles. The summed E-state index contributed by atoms with van der Waals surface area (Å²) < 4.78 is 22.0. The first-order valence-electron chi connectivity index (χ1n) is 8.54. The van der Waals surface area contributed by atoms with Crippen molar-refractivity contribution in [2.45, 2.75) is 37.7 Å². The molecule has 0 radical (unpaired) electrons. The van der Waals surface area contributed by atoms with Crippen LogP contribution in [0.15, 0.2) is 71.7 Å². The Morgan fingerprint density at radius 1 is 1.15 bits per heavy atom. The molecule has 0 saturated heterocycles. The maximum absolute atomic E-state index is 12.7. The van der Waals surface area contributed by atoms with E-state index >= 15 is 0 Å². The Balaban J connectivity index is 2.31. The van der Waals surface area contributed by atoms with Crippen molar-refractivity contribution >= 4 is 32.9 Å². The monoisotopic (exact) mass is 449 g/mol. The summed E-state index contributed by atoms with van der Waals surface area (Å²) in [5, 5.41) is 0. The summed E-state index contributed by atoms with van der Waals surface area (Å²) in [6.45, 7) is 9.46. The molecule has 0 fully saturated rings. The zero-order valence-corrected chi connectivity index (χ0v) is 18.0. The second kappa shape index (κ2) is 9.44. The van der Waals surface area contributed by atoms with Crippen LogP contribution in [0.2, 0.25) is 0 Å². The van der Waals surface area contributed by atoms with Gasteiger partial charge in [-0.25, -0.2) is 13.7 Å². The Hall–Kier alpha value is -1.76. The van der Waals surface area contributed by atoms with Crippen LogP contribution in [0.5, 0.6) is 0 Å². The quantitative estimate of drug-likeness (QED) is 0.480. The van der Waals surface area contributed by atoms with Crippen LogP contribution in [-0.4, -0.2) is 21.0 Å². The van der Waals surface area contributed by atoms with Crippen molar-refractivity contribution in [1.29, 1.82) is 0 Å². The van der Waals surface area contributed by atoms with Gasteiger partial charge in [-0.1, -0.05) is 52.8 Å². The van der Waals surface area contributed by atoms with E-state index in [1.54, 1.807) is 30.3 Å². The normalized spacial score (nSPS) is 14.8. The van der Waals surface area contributed by atoms with E-state index < -0.39 is 33.8 Å². The number of carbonyl (C=O) groups is 1. The Morgan fingerprint density at radius 3 is 2.26 bits per heavy atom. The average Bonchev–Trinajstić information content (AvgIpc) is 2.65. The summed E-state index contributed by atoms with van der Waals surface area (Å²) >= 11 is 3.42. The average molecular weight is 450 g/mol. The number of rotatable bonds is 7. The lowest BCUT2D eigenvalue weighted by Gasteiger charge is -2.29. The van der Waals surface area contributed by atoms with Gasteiger partial charge in [0.1, 0.15) is 6.10 Å². The van der Waals surface area contributed by atoms with Crippen LogP contribution in [-0.2, 0) is 15.7 Å². The number of carbonyl (C=O) groups excluding carboxylic acids is 1. The molecule has 2 aromatic rings. The van der Waals surface area contributed by atoms with Gasteiger partial charge in [-0.2, -0.15) is 0 Å². The smallest absolute Gasteiger partial charge is 0.338 e. The van der Waals surface area contributed by atoms with E-state index in [1.807, 2.05) is 51.1 Å². The number of hydrogen-bond donors (Lipinski definition) is 1. The predicted octanol–water partition coefficient (Wildman–Crippen LogP) is 4.95. The molecule has 2 rings (SSSR count). The Kier molecular flexibility index (Phi) is 7.53. The van der Waals surface area contributed by atoms with Crippen LogP contribution in [0.3, 0.4) is 0 Å². The Labute approximate surface area is 171 Å². The SMILES string of the molecule is C=C[C@@H](OC(=O)c1ccccc1)[C@@H](NS(=O)C(C)(C)C)c1ccc(Br)cc1. The molecule has 0 saturated carbocycles. The molecule has 27 heavy (non-hydrogen) atoms. The maximum Gasteiger partial charge on any atom is 0.338 e. The highest BCUT2D eigenvalue weighted by atomic mass is 79.9. The van der Waals surface area contributed by atoms with E-state index in [9.17, 15) is 9.00 Å². The van der Waals surface area contributed by atoms with Gasteiger partial charge in [0.15, 0.2) is 0 Å². The van der Waals surface area contributed by atoms with E-state index in [0.29, 0.717) is 5.56 Å². The largest absolute Gasteiger partial charge is 0.452 e. The summed E-state index contributed by atoms with van der Waals surface area (Å²) in [6.07, 6.45) is 0.866. The first-order chi connectivity index (χ1) is 12.7. The van der Waals surface area contributed by atoms with Gasteiger partial charge >= 0.3 is 5.97 Å². The zero-order chi connectivity index (χ0) is 20.0. The third-order valence-corrected chi connectivity index (χ3v) is 5.94. The fraction of sp³-hybridized carbons (Fsp3) is 0.286. The number of halogens is 1.